The van der Waals surface area contributed by atoms with Crippen LogP contribution in [0.3, 0.4) is 0 Å². The average Bonchev–Trinajstić information content (AvgIpc) is 3.40. The molecule has 1 aromatic heterocycles. The van der Waals surface area contributed by atoms with E-state index in [0.717, 1.165) is 10.4 Å². The van der Waals surface area contributed by atoms with Gasteiger partial charge in [0, 0.05) is 17.3 Å². The number of hydrogen-bond acceptors (Lipinski definition) is 11. The third-order valence-corrected chi connectivity index (χ3v) is 5.73. The summed E-state index contributed by atoms with van der Waals surface area (Å²) < 4.78 is 46.9. The van der Waals surface area contributed by atoms with Crippen LogP contribution in [0.5, 0.6) is 34.5 Å². The Morgan fingerprint density at radius 1 is 0.968 bits per heavy atom. The molecule has 10 nitrogen and oxygen atoms in total. The summed E-state index contributed by atoms with van der Waals surface area (Å²) in [7, 11) is -1.12. The van der Waals surface area contributed by atoms with E-state index in [0.29, 0.717) is 28.4 Å². The molecule has 164 valence electrons. The number of nitrogens with zero attached hydrogens (tertiary/aromatic N) is 1. The molecule has 0 bridgehead atoms. The van der Waals surface area contributed by atoms with Gasteiger partial charge in [-0.2, -0.15) is 4.37 Å². The number of ether oxygens (including phenoxy) is 5. The van der Waals surface area contributed by atoms with Gasteiger partial charge in [-0.05, 0) is 41.4 Å². The molecule has 31 heavy (non-hydrogen) atoms. The van der Waals surface area contributed by atoms with Crippen molar-refractivity contribution in [1.29, 1.82) is 0 Å². The molecule has 0 unspecified atom stereocenters. The number of rotatable bonds is 7. The molecular formula is C19H16NO9PS-2. The first-order valence-electron chi connectivity index (χ1n) is 8.75. The molecule has 0 fully saturated rings. The van der Waals surface area contributed by atoms with Crippen LogP contribution in [0.2, 0.25) is 0 Å². The highest BCUT2D eigenvalue weighted by Crippen LogP contribution is 2.49. The van der Waals surface area contributed by atoms with Crippen molar-refractivity contribution in [2.75, 3.05) is 28.1 Å². The zero-order valence-corrected chi connectivity index (χ0v) is 18.3. The minimum absolute atomic E-state index is 0.0207. The van der Waals surface area contributed by atoms with Crippen LogP contribution in [-0.2, 0) is 4.57 Å². The first-order chi connectivity index (χ1) is 14.8. The molecule has 12 heteroatoms. The molecule has 1 aliphatic heterocycles. The molecule has 0 aliphatic carbocycles. The molecule has 0 atom stereocenters. The Morgan fingerprint density at radius 2 is 1.68 bits per heavy atom. The van der Waals surface area contributed by atoms with Gasteiger partial charge < -0.3 is 42.6 Å². The molecule has 0 saturated carbocycles. The number of methoxy groups -OCH3 is 3. The van der Waals surface area contributed by atoms with Crippen LogP contribution in [0.25, 0.3) is 21.6 Å². The van der Waals surface area contributed by atoms with Crippen LogP contribution in [0.4, 0.5) is 0 Å². The fourth-order valence-corrected chi connectivity index (χ4v) is 4.32. The SMILES string of the molecule is COc1cc(-c2cnsc2-c2cc(OC)c3c(c2)OCO3)cc(OP(=O)([O-])[O-])c1OC. The van der Waals surface area contributed by atoms with E-state index in [9.17, 15) is 14.4 Å². The summed E-state index contributed by atoms with van der Waals surface area (Å²) in [5.74, 6) is 1.42. The summed E-state index contributed by atoms with van der Waals surface area (Å²) in [6, 6.07) is 6.58. The normalized spacial score (nSPS) is 12.5. The van der Waals surface area contributed by atoms with Crippen molar-refractivity contribution in [1.82, 2.24) is 4.37 Å². The smallest absolute Gasteiger partial charge is 0.231 e. The highest BCUT2D eigenvalue weighted by atomic mass is 32.1. The van der Waals surface area contributed by atoms with E-state index in [2.05, 4.69) is 8.90 Å². The number of benzene rings is 2. The quantitative estimate of drug-likeness (QED) is 0.479. The maximum atomic E-state index is 11.2. The van der Waals surface area contributed by atoms with Gasteiger partial charge in [-0.15, -0.1) is 0 Å². The highest BCUT2D eigenvalue weighted by Gasteiger charge is 2.24. The van der Waals surface area contributed by atoms with Gasteiger partial charge >= 0.3 is 0 Å². The molecule has 0 saturated heterocycles. The third-order valence-electron chi connectivity index (χ3n) is 4.46. The number of hydrogen-bond donors (Lipinski definition) is 0. The van der Waals surface area contributed by atoms with Crippen LogP contribution >= 0.6 is 19.4 Å². The van der Waals surface area contributed by atoms with E-state index < -0.39 is 7.82 Å². The lowest BCUT2D eigenvalue weighted by molar-refractivity contribution is -0.333. The van der Waals surface area contributed by atoms with Gasteiger partial charge in [0.25, 0.3) is 0 Å². The summed E-state index contributed by atoms with van der Waals surface area (Å²) in [6.45, 7) is 0.0888. The first-order valence-corrected chi connectivity index (χ1v) is 11.0. The Bertz CT molecular complexity index is 1170. The fourth-order valence-electron chi connectivity index (χ4n) is 3.19. The lowest BCUT2D eigenvalue weighted by atomic mass is 10.0. The molecule has 2 aromatic carbocycles. The molecular weight excluding hydrogens is 449 g/mol. The Hall–Kier alpha value is -2.98. The van der Waals surface area contributed by atoms with Gasteiger partial charge in [0.15, 0.2) is 23.0 Å². The summed E-state index contributed by atoms with van der Waals surface area (Å²) in [6.07, 6.45) is 1.61. The zero-order valence-electron chi connectivity index (χ0n) is 16.6. The average molecular weight is 465 g/mol. The molecule has 3 aromatic rings. The standard InChI is InChI=1S/C19H18NO9PS/c1-24-13-4-10(5-16(17(13)26-3)29-30(21,22)23)12-8-20-31-19(12)11-6-14(25-2)18-15(7-11)27-9-28-18/h4-8H,9H2,1-3H3,(H2,21,22,23)/p-2. The molecule has 0 amide bonds. The van der Waals surface area contributed by atoms with Crippen LogP contribution in [-0.4, -0.2) is 32.5 Å². The topological polar surface area (TPSA) is 131 Å². The van der Waals surface area contributed by atoms with Gasteiger partial charge in [0.1, 0.15) is 7.82 Å². The maximum absolute atomic E-state index is 11.2. The largest absolute Gasteiger partial charge is 0.780 e. The second-order valence-electron chi connectivity index (χ2n) is 6.23. The van der Waals surface area contributed by atoms with Crippen LogP contribution in [0, 0.1) is 0 Å². The summed E-state index contributed by atoms with van der Waals surface area (Å²) in [5, 5.41) is 0. The van der Waals surface area contributed by atoms with Crippen molar-refractivity contribution < 1.29 is 42.6 Å². The molecule has 0 spiro atoms. The monoisotopic (exact) mass is 465 g/mol. The minimum atomic E-state index is -5.34. The van der Waals surface area contributed by atoms with Crippen molar-refractivity contribution in [2.24, 2.45) is 0 Å². The lowest BCUT2D eigenvalue weighted by Gasteiger charge is -2.30. The van der Waals surface area contributed by atoms with E-state index in [-0.39, 0.29) is 24.0 Å². The van der Waals surface area contributed by atoms with E-state index in [4.69, 9.17) is 23.7 Å². The van der Waals surface area contributed by atoms with E-state index in [1.54, 1.807) is 24.4 Å². The second kappa shape index (κ2) is 8.27. The van der Waals surface area contributed by atoms with Crippen molar-refractivity contribution in [3.63, 3.8) is 0 Å². The Morgan fingerprint density at radius 3 is 2.35 bits per heavy atom. The number of fused-ring (bicyclic) bond motifs is 1. The number of phosphoric acid groups is 1. The highest BCUT2D eigenvalue weighted by molar-refractivity contribution is 7.43. The Balaban J connectivity index is 1.86. The van der Waals surface area contributed by atoms with Gasteiger partial charge in [-0.3, -0.25) is 0 Å². The molecule has 2 heterocycles. The van der Waals surface area contributed by atoms with Gasteiger partial charge in [0.2, 0.25) is 18.3 Å². The van der Waals surface area contributed by atoms with Crippen LogP contribution in [0.1, 0.15) is 0 Å². The molecule has 4 rings (SSSR count). The minimum Gasteiger partial charge on any atom is -0.780 e. The maximum Gasteiger partial charge on any atom is 0.231 e. The lowest BCUT2D eigenvalue weighted by Crippen LogP contribution is -2.19. The predicted octanol–water partition coefficient (Wildman–Crippen LogP) is 2.44. The van der Waals surface area contributed by atoms with E-state index in [1.165, 1.54) is 38.9 Å². The Kier molecular flexibility index (Phi) is 5.67. The van der Waals surface area contributed by atoms with Gasteiger partial charge in [-0.1, -0.05) is 0 Å². The van der Waals surface area contributed by atoms with Crippen LogP contribution < -0.4 is 38.0 Å². The van der Waals surface area contributed by atoms with Crippen molar-refractivity contribution in [3.05, 3.63) is 30.5 Å². The predicted molar refractivity (Wildman–Crippen MR) is 107 cm³/mol. The zero-order chi connectivity index (χ0) is 22.2. The molecule has 1 aliphatic rings. The number of phosphoric ester groups is 1. The third kappa shape index (κ3) is 4.13. The summed E-state index contributed by atoms with van der Waals surface area (Å²) in [5.41, 5.74) is 1.89. The summed E-state index contributed by atoms with van der Waals surface area (Å²) in [4.78, 5) is 23.2. The van der Waals surface area contributed by atoms with Gasteiger partial charge in [-0.25, -0.2) is 0 Å². The van der Waals surface area contributed by atoms with Gasteiger partial charge in [0.05, 0.1) is 26.2 Å². The molecule has 0 radical (unpaired) electrons. The van der Waals surface area contributed by atoms with E-state index >= 15 is 0 Å². The summed E-state index contributed by atoms with van der Waals surface area (Å²) >= 11 is 1.21. The van der Waals surface area contributed by atoms with Crippen molar-refractivity contribution in [3.8, 4) is 56.1 Å². The second-order valence-corrected chi connectivity index (χ2v) is 8.11. The fraction of sp³-hybridized carbons (Fsp3) is 0.211. The number of aromatic nitrogens is 1. The Labute approximate surface area is 181 Å². The van der Waals surface area contributed by atoms with Crippen molar-refractivity contribution >= 4 is 19.4 Å². The van der Waals surface area contributed by atoms with Crippen molar-refractivity contribution in [2.45, 2.75) is 0 Å². The molecule has 0 N–H and O–H groups in total. The first kappa shape index (κ1) is 21.3. The van der Waals surface area contributed by atoms with Crippen LogP contribution in [0.15, 0.2) is 30.5 Å². The van der Waals surface area contributed by atoms with E-state index in [1.807, 2.05) is 0 Å².